The third kappa shape index (κ3) is 1.88. The molecule has 5 heteroatoms. The van der Waals surface area contributed by atoms with Gasteiger partial charge in [-0.25, -0.2) is 4.68 Å². The summed E-state index contributed by atoms with van der Waals surface area (Å²) in [4.78, 5) is 0. The van der Waals surface area contributed by atoms with Gasteiger partial charge in [0.1, 0.15) is 0 Å². The quantitative estimate of drug-likeness (QED) is 0.807. The molecular weight excluding hydrogens is 190 g/mol. The minimum Gasteiger partial charge on any atom is -0.322 e. The van der Waals surface area contributed by atoms with Gasteiger partial charge in [-0.15, -0.1) is 5.10 Å². The summed E-state index contributed by atoms with van der Waals surface area (Å²) in [5, 5.41) is 11.7. The Kier molecular flexibility index (Phi) is 2.50. The third-order valence-electron chi connectivity index (χ3n) is 3.55. The summed E-state index contributed by atoms with van der Waals surface area (Å²) >= 11 is 0. The van der Waals surface area contributed by atoms with Crippen molar-refractivity contribution in [2.75, 3.05) is 0 Å². The summed E-state index contributed by atoms with van der Waals surface area (Å²) < 4.78 is 1.87. The first-order valence-electron chi connectivity index (χ1n) is 5.57. The van der Waals surface area contributed by atoms with E-state index in [1.165, 1.54) is 12.8 Å². The second-order valence-electron chi connectivity index (χ2n) is 5.00. The third-order valence-corrected chi connectivity index (χ3v) is 3.55. The highest BCUT2D eigenvalue weighted by molar-refractivity contribution is 4.98. The highest BCUT2D eigenvalue weighted by Gasteiger charge is 2.46. The molecule has 1 unspecified atom stereocenters. The molecule has 5 nitrogen and oxygen atoms in total. The lowest BCUT2D eigenvalue weighted by Crippen LogP contribution is -2.22. The molecule has 0 radical (unpaired) electrons. The van der Waals surface area contributed by atoms with Crippen molar-refractivity contribution >= 4 is 0 Å². The molecule has 0 spiro atoms. The van der Waals surface area contributed by atoms with Crippen molar-refractivity contribution < 1.29 is 0 Å². The Labute approximate surface area is 90.0 Å². The molecule has 1 aromatic heterocycles. The molecule has 1 heterocycles. The van der Waals surface area contributed by atoms with Crippen LogP contribution in [0.5, 0.6) is 0 Å². The zero-order chi connectivity index (χ0) is 11.1. The normalized spacial score (nSPS) is 20.6. The van der Waals surface area contributed by atoms with Crippen molar-refractivity contribution in [1.82, 2.24) is 20.2 Å². The van der Waals surface area contributed by atoms with Crippen LogP contribution in [-0.2, 0) is 6.54 Å². The van der Waals surface area contributed by atoms with E-state index in [0.717, 1.165) is 12.4 Å². The molecule has 15 heavy (non-hydrogen) atoms. The predicted molar refractivity (Wildman–Crippen MR) is 56.9 cm³/mol. The molecular formula is C10H19N5. The summed E-state index contributed by atoms with van der Waals surface area (Å²) in [7, 11) is 0. The van der Waals surface area contributed by atoms with Crippen LogP contribution in [0.4, 0.5) is 0 Å². The van der Waals surface area contributed by atoms with E-state index in [9.17, 15) is 0 Å². The van der Waals surface area contributed by atoms with Gasteiger partial charge in [0.15, 0.2) is 5.82 Å². The van der Waals surface area contributed by atoms with Crippen molar-refractivity contribution in [2.24, 2.45) is 17.1 Å². The zero-order valence-corrected chi connectivity index (χ0v) is 9.64. The highest BCUT2D eigenvalue weighted by atomic mass is 15.5. The maximum atomic E-state index is 5.81. The minimum absolute atomic E-state index is 0.0945. The van der Waals surface area contributed by atoms with E-state index in [1.54, 1.807) is 0 Å². The SMILES string of the molecule is CC(N)c1nnnn1CC1(C(C)C)CC1. The Bertz CT molecular complexity index is 337. The van der Waals surface area contributed by atoms with E-state index >= 15 is 0 Å². The van der Waals surface area contributed by atoms with E-state index in [1.807, 2.05) is 11.6 Å². The molecule has 1 aliphatic carbocycles. The van der Waals surface area contributed by atoms with Crippen molar-refractivity contribution in [2.45, 2.75) is 46.2 Å². The van der Waals surface area contributed by atoms with Gasteiger partial charge < -0.3 is 5.73 Å². The molecule has 0 bridgehead atoms. The number of aromatic nitrogens is 4. The molecule has 1 aromatic rings. The van der Waals surface area contributed by atoms with Crippen LogP contribution in [-0.4, -0.2) is 20.2 Å². The van der Waals surface area contributed by atoms with E-state index in [2.05, 4.69) is 29.4 Å². The van der Waals surface area contributed by atoms with Crippen LogP contribution in [0.15, 0.2) is 0 Å². The maximum absolute atomic E-state index is 5.81. The summed E-state index contributed by atoms with van der Waals surface area (Å²) in [5.41, 5.74) is 6.23. The van der Waals surface area contributed by atoms with Gasteiger partial charge >= 0.3 is 0 Å². The molecule has 0 amide bonds. The van der Waals surface area contributed by atoms with Crippen LogP contribution in [0.3, 0.4) is 0 Å². The number of tetrazole rings is 1. The van der Waals surface area contributed by atoms with Crippen LogP contribution in [0.1, 0.15) is 45.5 Å². The number of nitrogens with zero attached hydrogens (tertiary/aromatic N) is 4. The predicted octanol–water partition coefficient (Wildman–Crippen LogP) is 1.13. The van der Waals surface area contributed by atoms with Crippen molar-refractivity contribution in [3.8, 4) is 0 Å². The summed E-state index contributed by atoms with van der Waals surface area (Å²) in [6, 6.07) is -0.0945. The Balaban J connectivity index is 2.14. The van der Waals surface area contributed by atoms with Crippen LogP contribution in [0.25, 0.3) is 0 Å². The monoisotopic (exact) mass is 209 g/mol. The number of rotatable bonds is 4. The summed E-state index contributed by atoms with van der Waals surface area (Å²) in [5.74, 6) is 1.48. The van der Waals surface area contributed by atoms with E-state index < -0.39 is 0 Å². The van der Waals surface area contributed by atoms with Crippen LogP contribution >= 0.6 is 0 Å². The second kappa shape index (κ2) is 3.56. The first-order chi connectivity index (χ1) is 7.05. The van der Waals surface area contributed by atoms with Crippen LogP contribution < -0.4 is 5.73 Å². The van der Waals surface area contributed by atoms with Crippen LogP contribution in [0.2, 0.25) is 0 Å². The average Bonchev–Trinajstić information content (AvgIpc) is 2.77. The molecule has 1 fully saturated rings. The number of hydrogen-bond donors (Lipinski definition) is 1. The van der Waals surface area contributed by atoms with Crippen LogP contribution in [0, 0.1) is 11.3 Å². The topological polar surface area (TPSA) is 69.6 Å². The fourth-order valence-corrected chi connectivity index (χ4v) is 2.03. The van der Waals surface area contributed by atoms with Gasteiger partial charge in [-0.3, -0.25) is 0 Å². The lowest BCUT2D eigenvalue weighted by Gasteiger charge is -2.20. The van der Waals surface area contributed by atoms with Gasteiger partial charge in [-0.2, -0.15) is 0 Å². The fourth-order valence-electron chi connectivity index (χ4n) is 2.03. The number of hydrogen-bond acceptors (Lipinski definition) is 4. The van der Waals surface area contributed by atoms with Gasteiger partial charge in [0.25, 0.3) is 0 Å². The van der Waals surface area contributed by atoms with Gasteiger partial charge in [-0.1, -0.05) is 13.8 Å². The molecule has 1 aliphatic rings. The molecule has 2 rings (SSSR count). The molecule has 1 atom stereocenters. The van der Waals surface area contributed by atoms with Gasteiger partial charge in [0.05, 0.1) is 12.6 Å². The van der Waals surface area contributed by atoms with Gasteiger partial charge in [0, 0.05) is 0 Å². The molecule has 2 N–H and O–H groups in total. The van der Waals surface area contributed by atoms with E-state index in [0.29, 0.717) is 11.3 Å². The number of nitrogens with two attached hydrogens (primary N) is 1. The maximum Gasteiger partial charge on any atom is 0.167 e. The average molecular weight is 209 g/mol. The molecule has 1 saturated carbocycles. The van der Waals surface area contributed by atoms with Crippen molar-refractivity contribution in [1.29, 1.82) is 0 Å². The molecule has 0 saturated heterocycles. The lowest BCUT2D eigenvalue weighted by atomic mass is 9.92. The van der Waals surface area contributed by atoms with E-state index in [4.69, 9.17) is 5.73 Å². The second-order valence-corrected chi connectivity index (χ2v) is 5.00. The van der Waals surface area contributed by atoms with Crippen molar-refractivity contribution in [3.05, 3.63) is 5.82 Å². The molecule has 0 aromatic carbocycles. The van der Waals surface area contributed by atoms with Gasteiger partial charge in [-0.05, 0) is 41.5 Å². The summed E-state index contributed by atoms with van der Waals surface area (Å²) in [6.45, 7) is 7.36. The Morgan fingerprint density at radius 2 is 2.07 bits per heavy atom. The van der Waals surface area contributed by atoms with E-state index in [-0.39, 0.29) is 6.04 Å². The fraction of sp³-hybridized carbons (Fsp3) is 0.900. The highest BCUT2D eigenvalue weighted by Crippen LogP contribution is 2.53. The summed E-state index contributed by atoms with van der Waals surface area (Å²) in [6.07, 6.45) is 2.56. The molecule has 84 valence electrons. The van der Waals surface area contributed by atoms with Crippen molar-refractivity contribution in [3.63, 3.8) is 0 Å². The first kappa shape index (κ1) is 10.5. The minimum atomic E-state index is -0.0945. The Morgan fingerprint density at radius 1 is 1.40 bits per heavy atom. The smallest absolute Gasteiger partial charge is 0.167 e. The largest absolute Gasteiger partial charge is 0.322 e. The van der Waals surface area contributed by atoms with Gasteiger partial charge in [0.2, 0.25) is 0 Å². The molecule has 0 aliphatic heterocycles. The Hall–Kier alpha value is -0.970. The first-order valence-corrected chi connectivity index (χ1v) is 5.57. The zero-order valence-electron chi connectivity index (χ0n) is 9.64. The Morgan fingerprint density at radius 3 is 2.53 bits per heavy atom. The standard InChI is InChI=1S/C10H19N5/c1-7(2)10(4-5-10)6-15-9(8(3)11)12-13-14-15/h7-8H,4-6,11H2,1-3H3. The lowest BCUT2D eigenvalue weighted by molar-refractivity contribution is 0.286.